The predicted octanol–water partition coefficient (Wildman–Crippen LogP) is 3.67. The van der Waals surface area contributed by atoms with Gasteiger partial charge in [-0.3, -0.25) is 4.57 Å². The lowest BCUT2D eigenvalue weighted by atomic mass is 10.1. The summed E-state index contributed by atoms with van der Waals surface area (Å²) in [7, 11) is 0. The summed E-state index contributed by atoms with van der Waals surface area (Å²) in [5.41, 5.74) is 1.04. The number of nitrogens with one attached hydrogen (secondary N) is 2. The number of aromatic nitrogens is 3. The lowest BCUT2D eigenvalue weighted by molar-refractivity contribution is 0.462. The summed E-state index contributed by atoms with van der Waals surface area (Å²) >= 11 is 1.81. The van der Waals surface area contributed by atoms with Crippen LogP contribution in [-0.4, -0.2) is 46.4 Å². The number of thiophene rings is 1. The minimum Gasteiger partial charge on any atom is -0.363 e. The Balaban J connectivity index is 0.00000256. The molecule has 30 heavy (non-hydrogen) atoms. The maximum atomic E-state index is 4.76. The molecule has 1 aliphatic rings. The normalized spacial score (nSPS) is 15.0. The van der Waals surface area contributed by atoms with Gasteiger partial charge >= 0.3 is 0 Å². The highest BCUT2D eigenvalue weighted by Gasteiger charge is 2.20. The van der Waals surface area contributed by atoms with Gasteiger partial charge in [-0.25, -0.2) is 4.99 Å². The van der Waals surface area contributed by atoms with Crippen molar-refractivity contribution >= 4 is 46.3 Å². The second-order valence-corrected chi connectivity index (χ2v) is 7.93. The van der Waals surface area contributed by atoms with E-state index in [4.69, 9.17) is 4.99 Å². The number of para-hydroxylation sites is 1. The van der Waals surface area contributed by atoms with Crippen molar-refractivity contribution in [2.75, 3.05) is 24.5 Å². The second-order valence-electron chi connectivity index (χ2n) is 7.00. The lowest BCUT2D eigenvalue weighted by Crippen LogP contribution is -2.48. The maximum absolute atomic E-state index is 4.76. The summed E-state index contributed by atoms with van der Waals surface area (Å²) < 4.78 is 1.98. The quantitative estimate of drug-likeness (QED) is 0.285. The summed E-state index contributed by atoms with van der Waals surface area (Å²) in [6.45, 7) is 5.52. The van der Waals surface area contributed by atoms with E-state index >= 15 is 0 Å². The third-order valence-electron chi connectivity index (χ3n) is 5.03. The molecule has 9 heteroatoms. The Labute approximate surface area is 198 Å². The number of guanidine groups is 1. The maximum Gasteiger partial charge on any atom is 0.191 e. The van der Waals surface area contributed by atoms with E-state index in [2.05, 4.69) is 50.2 Å². The molecule has 0 unspecified atom stereocenters. The summed E-state index contributed by atoms with van der Waals surface area (Å²) in [4.78, 5) is 7.23. The zero-order valence-electron chi connectivity index (χ0n) is 17.1. The minimum atomic E-state index is 0. The highest BCUT2D eigenvalue weighted by atomic mass is 127. The van der Waals surface area contributed by atoms with Crippen molar-refractivity contribution in [2.45, 2.75) is 32.4 Å². The summed E-state index contributed by atoms with van der Waals surface area (Å²) in [6.07, 6.45) is 3.94. The van der Waals surface area contributed by atoms with Crippen molar-refractivity contribution in [1.29, 1.82) is 0 Å². The standard InChI is InChI=1S/C21H27N7S.HI/c1-2-22-21(25-17-10-12-27(13-11-17)20-9-6-14-29-20)23-15-19-26-24-16-28(19)18-7-4-3-5-8-18;/h3-9,14,16-17H,2,10-13,15H2,1H3,(H2,22,23,25);1H. The number of piperidine rings is 1. The molecule has 4 rings (SSSR count). The van der Waals surface area contributed by atoms with Crippen molar-refractivity contribution in [2.24, 2.45) is 4.99 Å². The average molecular weight is 537 g/mol. The van der Waals surface area contributed by atoms with Crippen LogP contribution in [0.2, 0.25) is 0 Å². The molecule has 3 heterocycles. The first-order valence-corrected chi connectivity index (χ1v) is 11.0. The molecule has 0 radical (unpaired) electrons. The molecule has 0 saturated carbocycles. The van der Waals surface area contributed by atoms with Crippen LogP contribution in [0.15, 0.2) is 59.2 Å². The Morgan fingerprint density at radius 2 is 1.97 bits per heavy atom. The molecule has 0 amide bonds. The number of aliphatic imine (C=N–C) groups is 1. The van der Waals surface area contributed by atoms with E-state index in [-0.39, 0.29) is 24.0 Å². The third kappa shape index (κ3) is 5.72. The number of hydrogen-bond acceptors (Lipinski definition) is 5. The van der Waals surface area contributed by atoms with E-state index < -0.39 is 0 Å². The molecule has 1 saturated heterocycles. The molecule has 160 valence electrons. The van der Waals surface area contributed by atoms with Crippen molar-refractivity contribution < 1.29 is 0 Å². The van der Waals surface area contributed by atoms with Crippen LogP contribution in [0.5, 0.6) is 0 Å². The topological polar surface area (TPSA) is 70.4 Å². The van der Waals surface area contributed by atoms with E-state index in [9.17, 15) is 0 Å². The molecular weight excluding hydrogens is 509 g/mol. The van der Waals surface area contributed by atoms with E-state index in [1.165, 1.54) is 5.00 Å². The van der Waals surface area contributed by atoms with E-state index in [1.807, 2.05) is 46.2 Å². The van der Waals surface area contributed by atoms with Crippen molar-refractivity contribution in [3.05, 3.63) is 60.0 Å². The van der Waals surface area contributed by atoms with Crippen molar-refractivity contribution in [1.82, 2.24) is 25.4 Å². The molecule has 1 fully saturated rings. The second kappa shape index (κ2) is 11.3. The summed E-state index contributed by atoms with van der Waals surface area (Å²) in [5.74, 6) is 1.66. The first-order valence-electron chi connectivity index (χ1n) is 10.1. The molecule has 0 atom stereocenters. The van der Waals surface area contributed by atoms with Gasteiger partial charge in [0.05, 0.1) is 5.00 Å². The number of nitrogens with zero attached hydrogens (tertiary/aromatic N) is 5. The van der Waals surface area contributed by atoms with Crippen LogP contribution < -0.4 is 15.5 Å². The van der Waals surface area contributed by atoms with Gasteiger partial charge in [0.1, 0.15) is 12.9 Å². The average Bonchev–Trinajstić information content (AvgIpc) is 3.46. The fourth-order valence-corrected chi connectivity index (χ4v) is 4.31. The highest BCUT2D eigenvalue weighted by molar-refractivity contribution is 14.0. The fourth-order valence-electron chi connectivity index (χ4n) is 3.53. The molecule has 0 spiro atoms. The monoisotopic (exact) mass is 537 g/mol. The third-order valence-corrected chi connectivity index (χ3v) is 5.96. The fraction of sp³-hybridized carbons (Fsp3) is 0.381. The van der Waals surface area contributed by atoms with Crippen LogP contribution in [0.25, 0.3) is 5.69 Å². The number of hydrogen-bond donors (Lipinski definition) is 2. The Kier molecular flexibility index (Phi) is 8.50. The van der Waals surface area contributed by atoms with Gasteiger partial charge < -0.3 is 15.5 Å². The zero-order valence-corrected chi connectivity index (χ0v) is 20.2. The lowest BCUT2D eigenvalue weighted by Gasteiger charge is -2.33. The molecule has 1 aromatic carbocycles. The van der Waals surface area contributed by atoms with Gasteiger partial charge in [0.15, 0.2) is 11.8 Å². The predicted molar refractivity (Wildman–Crippen MR) is 134 cm³/mol. The van der Waals surface area contributed by atoms with Crippen LogP contribution >= 0.6 is 35.3 Å². The highest BCUT2D eigenvalue weighted by Crippen LogP contribution is 2.24. The Morgan fingerprint density at radius 3 is 2.67 bits per heavy atom. The molecule has 2 aromatic heterocycles. The molecule has 7 nitrogen and oxygen atoms in total. The molecule has 1 aliphatic heterocycles. The number of benzene rings is 1. The van der Waals surface area contributed by atoms with Crippen molar-refractivity contribution in [3.63, 3.8) is 0 Å². The number of halogens is 1. The van der Waals surface area contributed by atoms with Gasteiger partial charge in [0.25, 0.3) is 0 Å². The summed E-state index contributed by atoms with van der Waals surface area (Å²) in [6, 6.07) is 14.9. The largest absolute Gasteiger partial charge is 0.363 e. The minimum absolute atomic E-state index is 0. The van der Waals surface area contributed by atoms with Crippen LogP contribution in [0.1, 0.15) is 25.6 Å². The van der Waals surface area contributed by atoms with Gasteiger partial charge in [0.2, 0.25) is 0 Å². The SMILES string of the molecule is CCNC(=NCc1nncn1-c1ccccc1)NC1CCN(c2cccs2)CC1.I. The molecule has 0 aliphatic carbocycles. The number of rotatable bonds is 6. The Hall–Kier alpha value is -2.14. The first-order chi connectivity index (χ1) is 14.3. The van der Waals surface area contributed by atoms with Gasteiger partial charge in [0, 0.05) is 31.4 Å². The van der Waals surface area contributed by atoms with Gasteiger partial charge in [-0.15, -0.1) is 45.5 Å². The molecule has 2 N–H and O–H groups in total. The van der Waals surface area contributed by atoms with E-state index in [0.717, 1.165) is 49.9 Å². The Bertz CT molecular complexity index is 903. The van der Waals surface area contributed by atoms with Crippen LogP contribution in [0.3, 0.4) is 0 Å². The molecule has 3 aromatic rings. The van der Waals surface area contributed by atoms with E-state index in [0.29, 0.717) is 12.6 Å². The number of anilines is 1. The Morgan fingerprint density at radius 1 is 1.17 bits per heavy atom. The molecule has 0 bridgehead atoms. The van der Waals surface area contributed by atoms with Gasteiger partial charge in [-0.05, 0) is 49.4 Å². The van der Waals surface area contributed by atoms with Gasteiger partial charge in [-0.2, -0.15) is 0 Å². The zero-order chi connectivity index (χ0) is 19.9. The van der Waals surface area contributed by atoms with E-state index in [1.54, 1.807) is 6.33 Å². The van der Waals surface area contributed by atoms with Crippen LogP contribution in [-0.2, 0) is 6.54 Å². The van der Waals surface area contributed by atoms with Crippen molar-refractivity contribution in [3.8, 4) is 5.69 Å². The smallest absolute Gasteiger partial charge is 0.191 e. The van der Waals surface area contributed by atoms with Crippen LogP contribution in [0.4, 0.5) is 5.00 Å². The molecular formula is C21H28IN7S. The first kappa shape index (κ1) is 22.5. The van der Waals surface area contributed by atoms with Gasteiger partial charge in [-0.1, -0.05) is 18.2 Å². The van der Waals surface area contributed by atoms with Crippen LogP contribution in [0, 0.1) is 0 Å². The summed E-state index contributed by atoms with van der Waals surface area (Å²) in [5, 5.41) is 18.8.